The smallest absolute Gasteiger partial charge is 0.319 e. The standard InChI is InChI=1S/C18H22O3/c1-17(2)15(19)18(11-7-4-8-12-18)14(21-16(17)20)13-9-5-3-6-10-13/h3,5-6,9-10,14H,4,7-8,11-12H2,1-2H3/t14-/m1/s1. The number of esters is 1. The average molecular weight is 286 g/mol. The van der Waals surface area contributed by atoms with Crippen LogP contribution >= 0.6 is 0 Å². The Morgan fingerprint density at radius 2 is 1.62 bits per heavy atom. The first-order chi connectivity index (χ1) is 9.98. The molecule has 3 heteroatoms. The highest BCUT2D eigenvalue weighted by Gasteiger charge is 2.60. The van der Waals surface area contributed by atoms with Gasteiger partial charge in [0.25, 0.3) is 0 Å². The van der Waals surface area contributed by atoms with Gasteiger partial charge in [0.2, 0.25) is 0 Å². The lowest BCUT2D eigenvalue weighted by Crippen LogP contribution is -2.55. The topological polar surface area (TPSA) is 43.4 Å². The summed E-state index contributed by atoms with van der Waals surface area (Å²) in [4.78, 5) is 25.4. The van der Waals surface area contributed by atoms with E-state index in [4.69, 9.17) is 4.74 Å². The SMILES string of the molecule is CC1(C)C(=O)O[C@H](c2ccccc2)C2(CCCCC2)C1=O. The van der Waals surface area contributed by atoms with Gasteiger partial charge < -0.3 is 4.74 Å². The van der Waals surface area contributed by atoms with Crippen molar-refractivity contribution in [3.05, 3.63) is 35.9 Å². The Labute approximate surface area is 125 Å². The minimum atomic E-state index is -1.03. The van der Waals surface area contributed by atoms with Crippen molar-refractivity contribution in [3.8, 4) is 0 Å². The van der Waals surface area contributed by atoms with Crippen LogP contribution in [0.1, 0.15) is 57.6 Å². The van der Waals surface area contributed by atoms with Gasteiger partial charge in [-0.3, -0.25) is 9.59 Å². The largest absolute Gasteiger partial charge is 0.456 e. The summed E-state index contributed by atoms with van der Waals surface area (Å²) in [7, 11) is 0. The van der Waals surface area contributed by atoms with Crippen molar-refractivity contribution in [1.29, 1.82) is 0 Å². The molecule has 2 aliphatic rings. The molecular weight excluding hydrogens is 264 g/mol. The third-order valence-corrected chi connectivity index (χ3v) is 5.11. The summed E-state index contributed by atoms with van der Waals surface area (Å²) in [6, 6.07) is 9.72. The van der Waals surface area contributed by atoms with Crippen LogP contribution in [0.15, 0.2) is 30.3 Å². The molecule has 1 heterocycles. The molecule has 21 heavy (non-hydrogen) atoms. The predicted octanol–water partition coefficient (Wildman–Crippen LogP) is 3.83. The summed E-state index contributed by atoms with van der Waals surface area (Å²) in [6.45, 7) is 3.41. The molecule has 2 fully saturated rings. The quantitative estimate of drug-likeness (QED) is 0.582. The van der Waals surface area contributed by atoms with E-state index in [1.165, 1.54) is 0 Å². The number of benzene rings is 1. The van der Waals surface area contributed by atoms with Gasteiger partial charge in [-0.2, -0.15) is 0 Å². The van der Waals surface area contributed by atoms with E-state index < -0.39 is 22.9 Å². The summed E-state index contributed by atoms with van der Waals surface area (Å²) >= 11 is 0. The number of rotatable bonds is 1. The van der Waals surface area contributed by atoms with E-state index >= 15 is 0 Å². The summed E-state index contributed by atoms with van der Waals surface area (Å²) in [6.07, 6.45) is 4.44. The zero-order valence-electron chi connectivity index (χ0n) is 12.7. The molecular formula is C18H22O3. The van der Waals surface area contributed by atoms with Gasteiger partial charge in [0, 0.05) is 0 Å². The number of ether oxygens (including phenoxy) is 1. The highest BCUT2D eigenvalue weighted by molar-refractivity contribution is 6.08. The van der Waals surface area contributed by atoms with Crippen molar-refractivity contribution >= 4 is 11.8 Å². The van der Waals surface area contributed by atoms with Gasteiger partial charge in [0.05, 0.1) is 5.41 Å². The minimum absolute atomic E-state index is 0.0693. The number of hydrogen-bond acceptors (Lipinski definition) is 3. The fraction of sp³-hybridized carbons (Fsp3) is 0.556. The Kier molecular flexibility index (Phi) is 3.39. The lowest BCUT2D eigenvalue weighted by molar-refractivity contribution is -0.192. The second kappa shape index (κ2) is 4.97. The lowest BCUT2D eigenvalue weighted by Gasteiger charge is -2.49. The number of cyclic esters (lactones) is 1. The van der Waals surface area contributed by atoms with E-state index in [1.54, 1.807) is 13.8 Å². The van der Waals surface area contributed by atoms with Crippen LogP contribution in [-0.2, 0) is 14.3 Å². The van der Waals surface area contributed by atoms with Crippen LogP contribution in [0.4, 0.5) is 0 Å². The van der Waals surface area contributed by atoms with Gasteiger partial charge >= 0.3 is 5.97 Å². The van der Waals surface area contributed by atoms with Crippen LogP contribution < -0.4 is 0 Å². The van der Waals surface area contributed by atoms with Crippen molar-refractivity contribution in [3.63, 3.8) is 0 Å². The molecule has 1 atom stereocenters. The summed E-state index contributed by atoms with van der Waals surface area (Å²) < 4.78 is 5.79. The van der Waals surface area contributed by atoms with Crippen LogP contribution in [0.25, 0.3) is 0 Å². The Hall–Kier alpha value is -1.64. The molecule has 3 nitrogen and oxygen atoms in total. The van der Waals surface area contributed by atoms with Crippen LogP contribution in [-0.4, -0.2) is 11.8 Å². The molecule has 0 amide bonds. The first-order valence-electron chi connectivity index (χ1n) is 7.79. The molecule has 0 radical (unpaired) electrons. The Morgan fingerprint density at radius 1 is 1.00 bits per heavy atom. The van der Waals surface area contributed by atoms with Gasteiger partial charge in [-0.25, -0.2) is 0 Å². The molecule has 1 spiro atoms. The Morgan fingerprint density at radius 3 is 2.24 bits per heavy atom. The van der Waals surface area contributed by atoms with E-state index in [1.807, 2.05) is 30.3 Å². The third-order valence-electron chi connectivity index (χ3n) is 5.11. The zero-order valence-corrected chi connectivity index (χ0v) is 12.7. The number of ketones is 1. The van der Waals surface area contributed by atoms with Gasteiger partial charge in [-0.05, 0) is 32.3 Å². The van der Waals surface area contributed by atoms with E-state index in [9.17, 15) is 9.59 Å². The number of Topliss-reactive ketones (excluding diaryl/α,β-unsaturated/α-hetero) is 1. The van der Waals surface area contributed by atoms with Crippen LogP contribution in [0.5, 0.6) is 0 Å². The maximum absolute atomic E-state index is 13.1. The van der Waals surface area contributed by atoms with Crippen molar-refractivity contribution in [2.75, 3.05) is 0 Å². The Bertz CT molecular complexity index is 553. The van der Waals surface area contributed by atoms with Crippen LogP contribution in [0.2, 0.25) is 0 Å². The maximum atomic E-state index is 13.1. The molecule has 1 saturated heterocycles. The van der Waals surface area contributed by atoms with Gasteiger partial charge in [0.1, 0.15) is 11.5 Å². The monoisotopic (exact) mass is 286 g/mol. The van der Waals surface area contributed by atoms with Crippen LogP contribution in [0.3, 0.4) is 0 Å². The van der Waals surface area contributed by atoms with Crippen molar-refractivity contribution in [2.24, 2.45) is 10.8 Å². The highest BCUT2D eigenvalue weighted by Crippen LogP contribution is 2.55. The molecule has 1 aromatic rings. The Balaban J connectivity index is 2.08. The van der Waals surface area contributed by atoms with E-state index in [0.717, 1.165) is 37.7 Å². The summed E-state index contributed by atoms with van der Waals surface area (Å²) in [5, 5.41) is 0. The summed E-state index contributed by atoms with van der Waals surface area (Å²) in [5.74, 6) is -0.322. The van der Waals surface area contributed by atoms with E-state index in [2.05, 4.69) is 0 Å². The van der Waals surface area contributed by atoms with E-state index in [-0.39, 0.29) is 5.78 Å². The van der Waals surface area contributed by atoms with Crippen molar-refractivity contribution in [1.82, 2.24) is 0 Å². The number of hydrogen-bond donors (Lipinski definition) is 0. The first-order valence-corrected chi connectivity index (χ1v) is 7.79. The normalized spacial score (nSPS) is 27.4. The molecule has 1 saturated carbocycles. The van der Waals surface area contributed by atoms with E-state index in [0.29, 0.717) is 0 Å². The van der Waals surface area contributed by atoms with Gasteiger partial charge in [0.15, 0.2) is 5.78 Å². The zero-order chi connectivity index (χ0) is 15.1. The molecule has 1 aliphatic heterocycles. The highest BCUT2D eigenvalue weighted by atomic mass is 16.5. The molecule has 1 aliphatic carbocycles. The van der Waals surface area contributed by atoms with Crippen molar-refractivity contribution in [2.45, 2.75) is 52.1 Å². The van der Waals surface area contributed by atoms with Crippen molar-refractivity contribution < 1.29 is 14.3 Å². The van der Waals surface area contributed by atoms with Crippen LogP contribution in [0, 0.1) is 10.8 Å². The van der Waals surface area contributed by atoms with Gasteiger partial charge in [-0.15, -0.1) is 0 Å². The molecule has 1 aromatic carbocycles. The molecule has 0 unspecified atom stereocenters. The molecule has 3 rings (SSSR count). The maximum Gasteiger partial charge on any atom is 0.319 e. The molecule has 0 bridgehead atoms. The molecule has 112 valence electrons. The molecule has 0 aromatic heterocycles. The number of carbonyl (C=O) groups excluding carboxylic acids is 2. The number of carbonyl (C=O) groups is 2. The minimum Gasteiger partial charge on any atom is -0.456 e. The predicted molar refractivity (Wildman–Crippen MR) is 79.6 cm³/mol. The molecule has 0 N–H and O–H groups in total. The fourth-order valence-electron chi connectivity index (χ4n) is 3.89. The second-order valence-corrected chi connectivity index (χ2v) is 6.87. The lowest BCUT2D eigenvalue weighted by atomic mass is 9.59. The fourth-order valence-corrected chi connectivity index (χ4v) is 3.89. The second-order valence-electron chi connectivity index (χ2n) is 6.87. The first kappa shape index (κ1) is 14.3. The summed E-state index contributed by atoms with van der Waals surface area (Å²) in [5.41, 5.74) is -0.615. The third kappa shape index (κ3) is 2.10. The average Bonchev–Trinajstić information content (AvgIpc) is 2.51. The van der Waals surface area contributed by atoms with Gasteiger partial charge in [-0.1, -0.05) is 49.6 Å².